The molecule has 4 heteroatoms. The SMILES string of the molecule is CCCN1CCO[C@@H](COC2CC(N3CCC(CC)CC3)C2)C1. The van der Waals surface area contributed by atoms with Crippen molar-refractivity contribution in [3.05, 3.63) is 0 Å². The Morgan fingerprint density at radius 3 is 2.57 bits per heavy atom. The molecule has 1 atom stereocenters. The molecule has 0 unspecified atom stereocenters. The summed E-state index contributed by atoms with van der Waals surface area (Å²) in [6, 6.07) is 0.793. The van der Waals surface area contributed by atoms with Crippen LogP contribution in [-0.2, 0) is 9.47 Å². The van der Waals surface area contributed by atoms with Gasteiger partial charge in [0.15, 0.2) is 0 Å². The molecule has 0 aromatic heterocycles. The lowest BCUT2D eigenvalue weighted by molar-refractivity contribution is -0.115. The van der Waals surface area contributed by atoms with Gasteiger partial charge in [0.2, 0.25) is 0 Å². The van der Waals surface area contributed by atoms with Gasteiger partial charge in [0.05, 0.1) is 25.4 Å². The van der Waals surface area contributed by atoms with Crippen molar-refractivity contribution >= 4 is 0 Å². The van der Waals surface area contributed by atoms with E-state index in [0.717, 1.165) is 38.3 Å². The second-order valence-electron chi connectivity index (χ2n) is 7.76. The minimum Gasteiger partial charge on any atom is -0.375 e. The summed E-state index contributed by atoms with van der Waals surface area (Å²) in [7, 11) is 0. The maximum Gasteiger partial charge on any atom is 0.0935 e. The zero-order chi connectivity index (χ0) is 16.1. The first-order valence-corrected chi connectivity index (χ1v) is 9.98. The highest BCUT2D eigenvalue weighted by Crippen LogP contribution is 2.32. The Balaban J connectivity index is 1.29. The average molecular weight is 325 g/mol. The molecular formula is C19H36N2O2. The summed E-state index contributed by atoms with van der Waals surface area (Å²) in [5, 5.41) is 0. The van der Waals surface area contributed by atoms with E-state index in [-0.39, 0.29) is 6.10 Å². The Morgan fingerprint density at radius 1 is 1.09 bits per heavy atom. The van der Waals surface area contributed by atoms with Crippen LogP contribution in [0.2, 0.25) is 0 Å². The quantitative estimate of drug-likeness (QED) is 0.719. The highest BCUT2D eigenvalue weighted by molar-refractivity contribution is 4.90. The van der Waals surface area contributed by atoms with E-state index in [0.29, 0.717) is 6.10 Å². The number of rotatable bonds is 7. The largest absolute Gasteiger partial charge is 0.375 e. The van der Waals surface area contributed by atoms with Crippen LogP contribution in [-0.4, -0.2) is 74.0 Å². The minimum absolute atomic E-state index is 0.287. The zero-order valence-electron chi connectivity index (χ0n) is 15.2. The number of nitrogens with zero attached hydrogens (tertiary/aromatic N) is 2. The van der Waals surface area contributed by atoms with Crippen LogP contribution < -0.4 is 0 Å². The molecule has 0 radical (unpaired) electrons. The van der Waals surface area contributed by atoms with Gasteiger partial charge in [-0.15, -0.1) is 0 Å². The molecule has 0 aromatic rings. The number of hydrogen-bond acceptors (Lipinski definition) is 4. The normalized spacial score (nSPS) is 34.4. The van der Waals surface area contributed by atoms with Crippen molar-refractivity contribution in [1.82, 2.24) is 9.80 Å². The number of likely N-dealkylation sites (tertiary alicyclic amines) is 1. The fourth-order valence-electron chi connectivity index (χ4n) is 4.34. The van der Waals surface area contributed by atoms with Gasteiger partial charge in [0.25, 0.3) is 0 Å². The molecule has 4 nitrogen and oxygen atoms in total. The van der Waals surface area contributed by atoms with Crippen LogP contribution in [0.25, 0.3) is 0 Å². The predicted molar refractivity (Wildman–Crippen MR) is 93.8 cm³/mol. The van der Waals surface area contributed by atoms with Crippen LogP contribution in [0.4, 0.5) is 0 Å². The molecule has 1 aliphatic carbocycles. The van der Waals surface area contributed by atoms with Gasteiger partial charge in [-0.05, 0) is 57.7 Å². The average Bonchev–Trinajstić information content (AvgIpc) is 2.55. The molecule has 3 aliphatic rings. The van der Waals surface area contributed by atoms with E-state index in [1.54, 1.807) is 0 Å². The first kappa shape index (κ1) is 17.7. The van der Waals surface area contributed by atoms with Gasteiger partial charge in [-0.2, -0.15) is 0 Å². The predicted octanol–water partition coefficient (Wildman–Crippen LogP) is 2.77. The van der Waals surface area contributed by atoms with E-state index in [1.165, 1.54) is 58.2 Å². The van der Waals surface area contributed by atoms with Crippen LogP contribution in [0.5, 0.6) is 0 Å². The van der Waals surface area contributed by atoms with Crippen LogP contribution in [0, 0.1) is 5.92 Å². The van der Waals surface area contributed by atoms with E-state index in [4.69, 9.17) is 9.47 Å². The minimum atomic E-state index is 0.287. The van der Waals surface area contributed by atoms with Crippen molar-refractivity contribution in [3.63, 3.8) is 0 Å². The lowest BCUT2D eigenvalue weighted by Gasteiger charge is -2.46. The fourth-order valence-corrected chi connectivity index (χ4v) is 4.34. The standard InChI is InChI=1S/C19H36N2O2/c1-3-7-20-10-11-22-19(14-20)15-23-18-12-17(13-18)21-8-5-16(4-2)6-9-21/h16-19H,3-15H2,1-2H3/t17?,18?,19-/m1/s1. The summed E-state index contributed by atoms with van der Waals surface area (Å²) >= 11 is 0. The second kappa shape index (κ2) is 8.80. The van der Waals surface area contributed by atoms with Crippen LogP contribution in [0.15, 0.2) is 0 Å². The molecule has 0 aromatic carbocycles. The monoisotopic (exact) mass is 324 g/mol. The van der Waals surface area contributed by atoms with Gasteiger partial charge < -0.3 is 14.4 Å². The van der Waals surface area contributed by atoms with Crippen molar-refractivity contribution in [3.8, 4) is 0 Å². The summed E-state index contributed by atoms with van der Waals surface area (Å²) in [5.74, 6) is 0.980. The van der Waals surface area contributed by atoms with Gasteiger partial charge in [0, 0.05) is 19.1 Å². The molecule has 3 fully saturated rings. The highest BCUT2D eigenvalue weighted by atomic mass is 16.5. The first-order valence-electron chi connectivity index (χ1n) is 9.98. The second-order valence-corrected chi connectivity index (χ2v) is 7.76. The van der Waals surface area contributed by atoms with E-state index in [2.05, 4.69) is 23.6 Å². The van der Waals surface area contributed by atoms with Gasteiger partial charge >= 0.3 is 0 Å². The molecule has 0 N–H and O–H groups in total. The molecular weight excluding hydrogens is 288 g/mol. The van der Waals surface area contributed by atoms with Crippen molar-refractivity contribution in [2.24, 2.45) is 5.92 Å². The summed E-state index contributed by atoms with van der Waals surface area (Å²) in [4.78, 5) is 5.23. The Bertz CT molecular complexity index is 336. The maximum absolute atomic E-state index is 6.13. The Kier molecular flexibility index (Phi) is 6.75. The van der Waals surface area contributed by atoms with E-state index in [9.17, 15) is 0 Å². The summed E-state index contributed by atoms with van der Waals surface area (Å²) in [6.45, 7) is 12.2. The van der Waals surface area contributed by atoms with Crippen molar-refractivity contribution in [1.29, 1.82) is 0 Å². The summed E-state index contributed by atoms with van der Waals surface area (Å²) in [5.41, 5.74) is 0. The number of piperidine rings is 1. The zero-order valence-corrected chi connectivity index (χ0v) is 15.2. The lowest BCUT2D eigenvalue weighted by atomic mass is 9.85. The molecule has 0 bridgehead atoms. The molecule has 0 amide bonds. The maximum atomic E-state index is 6.13. The molecule has 0 spiro atoms. The van der Waals surface area contributed by atoms with Crippen molar-refractivity contribution in [2.75, 3.05) is 45.9 Å². The molecule has 134 valence electrons. The van der Waals surface area contributed by atoms with Crippen LogP contribution in [0.1, 0.15) is 52.4 Å². The molecule has 1 saturated carbocycles. The van der Waals surface area contributed by atoms with Gasteiger partial charge in [-0.3, -0.25) is 4.90 Å². The Hall–Kier alpha value is -0.160. The van der Waals surface area contributed by atoms with E-state index in [1.807, 2.05) is 0 Å². The molecule has 2 heterocycles. The Morgan fingerprint density at radius 2 is 1.87 bits per heavy atom. The van der Waals surface area contributed by atoms with Crippen LogP contribution >= 0.6 is 0 Å². The molecule has 2 saturated heterocycles. The van der Waals surface area contributed by atoms with Gasteiger partial charge in [0.1, 0.15) is 0 Å². The van der Waals surface area contributed by atoms with E-state index >= 15 is 0 Å². The summed E-state index contributed by atoms with van der Waals surface area (Å²) in [6.07, 6.45) is 8.64. The fraction of sp³-hybridized carbons (Fsp3) is 1.00. The smallest absolute Gasteiger partial charge is 0.0935 e. The third-order valence-electron chi connectivity index (χ3n) is 6.09. The third-order valence-corrected chi connectivity index (χ3v) is 6.09. The van der Waals surface area contributed by atoms with Gasteiger partial charge in [-0.25, -0.2) is 0 Å². The third kappa shape index (κ3) is 4.91. The van der Waals surface area contributed by atoms with Crippen molar-refractivity contribution in [2.45, 2.75) is 70.6 Å². The number of morpholine rings is 1. The van der Waals surface area contributed by atoms with Crippen molar-refractivity contribution < 1.29 is 9.47 Å². The number of ether oxygens (including phenoxy) is 2. The number of hydrogen-bond donors (Lipinski definition) is 0. The molecule has 23 heavy (non-hydrogen) atoms. The lowest BCUT2D eigenvalue weighted by Crippen LogP contribution is -2.52. The molecule has 3 rings (SSSR count). The van der Waals surface area contributed by atoms with E-state index < -0.39 is 0 Å². The molecule has 2 aliphatic heterocycles. The van der Waals surface area contributed by atoms with Gasteiger partial charge in [-0.1, -0.05) is 20.3 Å². The van der Waals surface area contributed by atoms with Crippen LogP contribution in [0.3, 0.4) is 0 Å². The summed E-state index contributed by atoms with van der Waals surface area (Å²) < 4.78 is 12.0. The Labute approximate surface area is 142 Å². The topological polar surface area (TPSA) is 24.9 Å². The first-order chi connectivity index (χ1) is 11.3. The highest BCUT2D eigenvalue weighted by Gasteiger charge is 2.36.